The molecule has 0 aliphatic carbocycles. The second kappa shape index (κ2) is 7.24. The number of amides is 1. The molecule has 0 unspecified atom stereocenters. The third kappa shape index (κ3) is 4.81. The third-order valence-corrected chi connectivity index (χ3v) is 3.25. The number of aromatic nitrogens is 1. The normalized spacial score (nSPS) is 11.5. The van der Waals surface area contributed by atoms with Crippen LogP contribution in [0.5, 0.6) is 5.88 Å². The highest BCUT2D eigenvalue weighted by molar-refractivity contribution is 5.93. The van der Waals surface area contributed by atoms with E-state index < -0.39 is 5.60 Å². The van der Waals surface area contributed by atoms with Gasteiger partial charge in [0.05, 0.1) is 17.3 Å². The van der Waals surface area contributed by atoms with Gasteiger partial charge in [0.25, 0.3) is 5.91 Å². The van der Waals surface area contributed by atoms with Crippen LogP contribution in [0.15, 0.2) is 18.3 Å². The smallest absolute Gasteiger partial charge is 0.252 e. The molecule has 0 spiro atoms. The molecule has 1 aromatic rings. The van der Waals surface area contributed by atoms with Crippen LogP contribution >= 0.6 is 0 Å². The molecule has 0 aliphatic rings. The van der Waals surface area contributed by atoms with Gasteiger partial charge >= 0.3 is 0 Å². The van der Waals surface area contributed by atoms with Crippen LogP contribution in [0.4, 0.5) is 0 Å². The summed E-state index contributed by atoms with van der Waals surface area (Å²) in [6.45, 7) is 7.87. The first kappa shape index (κ1) is 16.4. The Morgan fingerprint density at radius 1 is 1.40 bits per heavy atom. The number of hydrogen-bond acceptors (Lipinski definition) is 4. The van der Waals surface area contributed by atoms with E-state index in [-0.39, 0.29) is 18.6 Å². The van der Waals surface area contributed by atoms with E-state index in [2.05, 4.69) is 10.3 Å². The maximum atomic E-state index is 12.0. The summed E-state index contributed by atoms with van der Waals surface area (Å²) in [6.07, 6.45) is 2.72. The summed E-state index contributed by atoms with van der Waals surface area (Å²) >= 11 is 0. The second-order valence-electron chi connectivity index (χ2n) is 5.17. The quantitative estimate of drug-likeness (QED) is 0.803. The number of carbonyl (C=O) groups is 1. The van der Waals surface area contributed by atoms with Crippen LogP contribution in [-0.4, -0.2) is 34.2 Å². The Balaban J connectivity index is 2.60. The number of pyridine rings is 1. The molecule has 0 fully saturated rings. The van der Waals surface area contributed by atoms with Crippen molar-refractivity contribution in [2.45, 2.75) is 52.2 Å². The fourth-order valence-corrected chi connectivity index (χ4v) is 1.67. The van der Waals surface area contributed by atoms with Crippen LogP contribution in [0.25, 0.3) is 0 Å². The highest BCUT2D eigenvalue weighted by Crippen LogP contribution is 2.14. The monoisotopic (exact) mass is 280 g/mol. The van der Waals surface area contributed by atoms with Gasteiger partial charge < -0.3 is 15.2 Å². The number of rotatable bonds is 7. The third-order valence-electron chi connectivity index (χ3n) is 3.25. The SMILES string of the molecule is CCC(O)(CC)CNC(=O)c1ccc(OC(C)C)nc1. The Hall–Kier alpha value is -1.62. The van der Waals surface area contributed by atoms with Crippen molar-refractivity contribution in [1.82, 2.24) is 10.3 Å². The first-order valence-electron chi connectivity index (χ1n) is 7.03. The average molecular weight is 280 g/mol. The highest BCUT2D eigenvalue weighted by Gasteiger charge is 2.23. The van der Waals surface area contributed by atoms with Gasteiger partial charge in [-0.15, -0.1) is 0 Å². The molecule has 0 aromatic carbocycles. The van der Waals surface area contributed by atoms with E-state index in [0.717, 1.165) is 0 Å². The largest absolute Gasteiger partial charge is 0.475 e. The van der Waals surface area contributed by atoms with E-state index in [0.29, 0.717) is 24.3 Å². The van der Waals surface area contributed by atoms with Gasteiger partial charge in [-0.25, -0.2) is 4.98 Å². The van der Waals surface area contributed by atoms with E-state index in [1.165, 1.54) is 6.20 Å². The van der Waals surface area contributed by atoms with Gasteiger partial charge in [0.1, 0.15) is 0 Å². The van der Waals surface area contributed by atoms with Crippen molar-refractivity contribution in [3.63, 3.8) is 0 Å². The summed E-state index contributed by atoms with van der Waals surface area (Å²) in [5, 5.41) is 12.8. The van der Waals surface area contributed by atoms with Crippen molar-refractivity contribution >= 4 is 5.91 Å². The molecular formula is C15H24N2O3. The summed E-state index contributed by atoms with van der Waals surface area (Å²) < 4.78 is 5.42. The molecule has 1 aromatic heterocycles. The summed E-state index contributed by atoms with van der Waals surface area (Å²) in [7, 11) is 0. The predicted molar refractivity (Wildman–Crippen MR) is 77.9 cm³/mol. The zero-order valence-corrected chi connectivity index (χ0v) is 12.6. The summed E-state index contributed by atoms with van der Waals surface area (Å²) in [4.78, 5) is 16.0. The number of aliphatic hydroxyl groups is 1. The van der Waals surface area contributed by atoms with Crippen molar-refractivity contribution < 1.29 is 14.6 Å². The molecule has 0 saturated carbocycles. The average Bonchev–Trinajstić information content (AvgIpc) is 2.44. The van der Waals surface area contributed by atoms with Crippen LogP contribution in [-0.2, 0) is 0 Å². The minimum absolute atomic E-state index is 0.0475. The fourth-order valence-electron chi connectivity index (χ4n) is 1.67. The lowest BCUT2D eigenvalue weighted by Crippen LogP contribution is -2.42. The number of nitrogens with one attached hydrogen (secondary N) is 1. The van der Waals surface area contributed by atoms with Gasteiger partial charge in [0.15, 0.2) is 0 Å². The minimum Gasteiger partial charge on any atom is -0.475 e. The van der Waals surface area contributed by atoms with E-state index in [9.17, 15) is 9.90 Å². The molecule has 2 N–H and O–H groups in total. The molecule has 20 heavy (non-hydrogen) atoms. The van der Waals surface area contributed by atoms with E-state index >= 15 is 0 Å². The van der Waals surface area contributed by atoms with Crippen molar-refractivity contribution in [2.24, 2.45) is 0 Å². The minimum atomic E-state index is -0.843. The lowest BCUT2D eigenvalue weighted by Gasteiger charge is -2.25. The topological polar surface area (TPSA) is 71.5 Å². The molecule has 0 aliphatic heterocycles. The Kier molecular flexibility index (Phi) is 5.95. The number of hydrogen-bond donors (Lipinski definition) is 2. The maximum absolute atomic E-state index is 12.0. The van der Waals surface area contributed by atoms with Crippen LogP contribution in [0.2, 0.25) is 0 Å². The van der Waals surface area contributed by atoms with E-state index in [4.69, 9.17) is 4.74 Å². The van der Waals surface area contributed by atoms with E-state index in [1.54, 1.807) is 12.1 Å². The van der Waals surface area contributed by atoms with Gasteiger partial charge in [0, 0.05) is 18.8 Å². The molecule has 112 valence electrons. The van der Waals surface area contributed by atoms with Crippen molar-refractivity contribution in [1.29, 1.82) is 0 Å². The first-order valence-corrected chi connectivity index (χ1v) is 7.03. The molecule has 1 rings (SSSR count). The van der Waals surface area contributed by atoms with Gasteiger partial charge in [0.2, 0.25) is 5.88 Å². The number of carbonyl (C=O) groups excluding carboxylic acids is 1. The highest BCUT2D eigenvalue weighted by atomic mass is 16.5. The molecular weight excluding hydrogens is 256 g/mol. The fraction of sp³-hybridized carbons (Fsp3) is 0.600. The molecule has 0 radical (unpaired) electrons. The van der Waals surface area contributed by atoms with E-state index in [1.807, 2.05) is 27.7 Å². The molecule has 5 heteroatoms. The van der Waals surface area contributed by atoms with Crippen molar-refractivity contribution in [3.05, 3.63) is 23.9 Å². The first-order chi connectivity index (χ1) is 9.40. The van der Waals surface area contributed by atoms with Crippen LogP contribution in [0, 0.1) is 0 Å². The molecule has 0 atom stereocenters. The lowest BCUT2D eigenvalue weighted by molar-refractivity contribution is 0.0314. The lowest BCUT2D eigenvalue weighted by atomic mass is 9.97. The van der Waals surface area contributed by atoms with Crippen molar-refractivity contribution in [2.75, 3.05) is 6.54 Å². The van der Waals surface area contributed by atoms with Gasteiger partial charge in [-0.1, -0.05) is 13.8 Å². The Labute approximate surface area is 120 Å². The molecule has 5 nitrogen and oxygen atoms in total. The zero-order chi connectivity index (χ0) is 15.2. The van der Waals surface area contributed by atoms with Crippen molar-refractivity contribution in [3.8, 4) is 5.88 Å². The molecule has 0 bridgehead atoms. The van der Waals surface area contributed by atoms with Gasteiger partial charge in [-0.2, -0.15) is 0 Å². The molecule has 1 heterocycles. The van der Waals surface area contributed by atoms with Gasteiger partial charge in [-0.05, 0) is 32.8 Å². The summed E-state index contributed by atoms with van der Waals surface area (Å²) in [6, 6.07) is 3.33. The van der Waals surface area contributed by atoms with Crippen LogP contribution in [0.3, 0.4) is 0 Å². The predicted octanol–water partition coefficient (Wildman–Crippen LogP) is 2.15. The van der Waals surface area contributed by atoms with Gasteiger partial charge in [-0.3, -0.25) is 4.79 Å². The summed E-state index contributed by atoms with van der Waals surface area (Å²) in [5.41, 5.74) is -0.389. The van der Waals surface area contributed by atoms with Crippen LogP contribution in [0.1, 0.15) is 50.9 Å². The Morgan fingerprint density at radius 3 is 2.50 bits per heavy atom. The molecule has 0 saturated heterocycles. The Bertz CT molecular complexity index is 425. The number of ether oxygens (including phenoxy) is 1. The standard InChI is InChI=1S/C15H24N2O3/c1-5-15(19,6-2)10-17-14(18)12-7-8-13(16-9-12)20-11(3)4/h7-9,11,19H,5-6,10H2,1-4H3,(H,17,18). The number of nitrogens with zero attached hydrogens (tertiary/aromatic N) is 1. The zero-order valence-electron chi connectivity index (χ0n) is 12.6. The molecule has 1 amide bonds. The van der Waals surface area contributed by atoms with Crippen LogP contribution < -0.4 is 10.1 Å². The Morgan fingerprint density at radius 2 is 2.05 bits per heavy atom. The maximum Gasteiger partial charge on any atom is 0.252 e. The second-order valence-corrected chi connectivity index (χ2v) is 5.17. The summed E-state index contributed by atoms with van der Waals surface area (Å²) in [5.74, 6) is 0.254.